The first-order valence-corrected chi connectivity index (χ1v) is 6.02. The van der Waals surface area contributed by atoms with Gasteiger partial charge in [-0.25, -0.2) is 13.1 Å². The zero-order chi connectivity index (χ0) is 8.93. The van der Waals surface area contributed by atoms with E-state index in [0.29, 0.717) is 11.8 Å². The summed E-state index contributed by atoms with van der Waals surface area (Å²) in [5.74, 6) is 1.15. The van der Waals surface area contributed by atoms with Crippen molar-refractivity contribution in [1.29, 1.82) is 0 Å². The first kappa shape index (κ1) is 8.47. The van der Waals surface area contributed by atoms with Crippen LogP contribution in [0.4, 0.5) is 0 Å². The molecule has 1 N–H and O–H groups in total. The van der Waals surface area contributed by atoms with Crippen molar-refractivity contribution in [3.8, 4) is 0 Å². The summed E-state index contributed by atoms with van der Waals surface area (Å²) in [5, 5.41) is 0. The van der Waals surface area contributed by atoms with Crippen LogP contribution < -0.4 is 4.72 Å². The molecule has 0 aromatic heterocycles. The van der Waals surface area contributed by atoms with Gasteiger partial charge in [0.05, 0.1) is 6.26 Å². The van der Waals surface area contributed by atoms with Crippen molar-refractivity contribution in [1.82, 2.24) is 9.62 Å². The summed E-state index contributed by atoms with van der Waals surface area (Å²) in [6.45, 7) is 2.08. The van der Waals surface area contributed by atoms with Crippen molar-refractivity contribution in [3.05, 3.63) is 0 Å². The molecule has 0 aromatic rings. The van der Waals surface area contributed by atoms with Crippen LogP contribution in [0.5, 0.6) is 0 Å². The molecule has 2 rings (SSSR count). The predicted octanol–water partition coefficient (Wildman–Crippen LogP) is -0.904. The summed E-state index contributed by atoms with van der Waals surface area (Å²) in [5.41, 5.74) is 0. The van der Waals surface area contributed by atoms with E-state index in [0.717, 1.165) is 13.1 Å². The van der Waals surface area contributed by atoms with Gasteiger partial charge >= 0.3 is 0 Å². The minimum Gasteiger partial charge on any atom is -0.306 e. The van der Waals surface area contributed by atoms with Gasteiger partial charge in [-0.1, -0.05) is 0 Å². The Bertz CT molecular complexity index is 276. The second-order valence-corrected chi connectivity index (χ2v) is 5.74. The van der Waals surface area contributed by atoms with Gasteiger partial charge < -0.3 is 4.90 Å². The van der Waals surface area contributed by atoms with Gasteiger partial charge in [0, 0.05) is 19.1 Å². The summed E-state index contributed by atoms with van der Waals surface area (Å²) in [6, 6.07) is 0.233. The van der Waals surface area contributed by atoms with Gasteiger partial charge in [-0.2, -0.15) is 0 Å². The monoisotopic (exact) mass is 190 g/mol. The fourth-order valence-corrected chi connectivity index (χ4v) is 3.00. The standard InChI is InChI=1S/C7H14N2O2S/c1-9-3-5-6(4-9)7(5)8-12(2,10)11/h5-8H,3-4H2,1-2H3. The second kappa shape index (κ2) is 2.43. The maximum absolute atomic E-state index is 10.9. The van der Waals surface area contributed by atoms with Crippen molar-refractivity contribution in [2.45, 2.75) is 6.04 Å². The zero-order valence-corrected chi connectivity index (χ0v) is 8.13. The summed E-state index contributed by atoms with van der Waals surface area (Å²) < 4.78 is 24.4. The van der Waals surface area contributed by atoms with Gasteiger partial charge in [-0.05, 0) is 18.9 Å². The molecule has 1 saturated heterocycles. The largest absolute Gasteiger partial charge is 0.306 e. The first-order chi connectivity index (χ1) is 5.47. The molecule has 70 valence electrons. The Balaban J connectivity index is 1.91. The molecule has 2 fully saturated rings. The molecule has 1 aliphatic heterocycles. The lowest BCUT2D eigenvalue weighted by molar-refractivity contribution is 0.357. The van der Waals surface area contributed by atoms with Crippen LogP contribution >= 0.6 is 0 Å². The van der Waals surface area contributed by atoms with E-state index in [1.54, 1.807) is 0 Å². The topological polar surface area (TPSA) is 49.4 Å². The predicted molar refractivity (Wildman–Crippen MR) is 46.2 cm³/mol. The molecule has 1 heterocycles. The van der Waals surface area contributed by atoms with Gasteiger partial charge in [0.1, 0.15) is 0 Å². The van der Waals surface area contributed by atoms with E-state index >= 15 is 0 Å². The molecule has 5 heteroatoms. The third kappa shape index (κ3) is 1.48. The lowest BCUT2D eigenvalue weighted by atomic mass is 10.4. The highest BCUT2D eigenvalue weighted by atomic mass is 32.2. The number of rotatable bonds is 2. The molecule has 2 aliphatic rings. The van der Waals surface area contributed by atoms with Gasteiger partial charge in [0.2, 0.25) is 10.0 Å². The maximum atomic E-state index is 10.9. The number of nitrogens with one attached hydrogen (secondary N) is 1. The van der Waals surface area contributed by atoms with Crippen LogP contribution in [-0.2, 0) is 10.0 Å². The summed E-state index contributed by atoms with van der Waals surface area (Å²) in [7, 11) is -0.916. The van der Waals surface area contributed by atoms with Gasteiger partial charge in [-0.15, -0.1) is 0 Å². The number of hydrogen-bond acceptors (Lipinski definition) is 3. The highest BCUT2D eigenvalue weighted by Gasteiger charge is 2.55. The maximum Gasteiger partial charge on any atom is 0.208 e. The van der Waals surface area contributed by atoms with E-state index in [1.807, 2.05) is 0 Å². The van der Waals surface area contributed by atoms with Crippen LogP contribution in [0, 0.1) is 11.8 Å². The Hall–Kier alpha value is -0.130. The Kier molecular flexibility index (Phi) is 1.72. The Labute approximate surface area is 73.0 Å². The molecule has 2 atom stereocenters. The zero-order valence-electron chi connectivity index (χ0n) is 7.32. The Morgan fingerprint density at radius 1 is 1.33 bits per heavy atom. The van der Waals surface area contributed by atoms with E-state index < -0.39 is 10.0 Å². The quantitative estimate of drug-likeness (QED) is 0.613. The van der Waals surface area contributed by atoms with E-state index in [4.69, 9.17) is 0 Å². The average Bonchev–Trinajstić information content (AvgIpc) is 2.42. The summed E-state index contributed by atoms with van der Waals surface area (Å²) >= 11 is 0. The molecule has 0 amide bonds. The smallest absolute Gasteiger partial charge is 0.208 e. The number of piperidine rings is 1. The van der Waals surface area contributed by atoms with Gasteiger partial charge in [-0.3, -0.25) is 0 Å². The van der Waals surface area contributed by atoms with Crippen molar-refractivity contribution >= 4 is 10.0 Å². The van der Waals surface area contributed by atoms with Crippen LogP contribution in [0.3, 0.4) is 0 Å². The van der Waals surface area contributed by atoms with Crippen LogP contribution in [-0.4, -0.2) is 45.8 Å². The molecule has 4 nitrogen and oxygen atoms in total. The number of fused-ring (bicyclic) bond motifs is 1. The van der Waals surface area contributed by atoms with Crippen molar-refractivity contribution in [2.24, 2.45) is 11.8 Å². The Morgan fingerprint density at radius 2 is 1.83 bits per heavy atom. The van der Waals surface area contributed by atoms with Crippen molar-refractivity contribution in [2.75, 3.05) is 26.4 Å². The second-order valence-electron chi connectivity index (χ2n) is 3.96. The van der Waals surface area contributed by atoms with Crippen LogP contribution in [0.15, 0.2) is 0 Å². The summed E-state index contributed by atoms with van der Waals surface area (Å²) in [4.78, 5) is 2.25. The average molecular weight is 190 g/mol. The molecule has 0 aromatic carbocycles. The normalized spacial score (nSPS) is 41.3. The van der Waals surface area contributed by atoms with Crippen molar-refractivity contribution < 1.29 is 8.42 Å². The fourth-order valence-electron chi connectivity index (χ4n) is 2.16. The fraction of sp³-hybridized carbons (Fsp3) is 1.00. The van der Waals surface area contributed by atoms with E-state index in [2.05, 4.69) is 16.7 Å². The molecule has 2 unspecified atom stereocenters. The van der Waals surface area contributed by atoms with E-state index in [1.165, 1.54) is 6.26 Å². The molecule has 12 heavy (non-hydrogen) atoms. The van der Waals surface area contributed by atoms with Crippen LogP contribution in [0.25, 0.3) is 0 Å². The number of sulfonamides is 1. The first-order valence-electron chi connectivity index (χ1n) is 4.13. The molecular weight excluding hydrogens is 176 g/mol. The molecule has 1 saturated carbocycles. The van der Waals surface area contributed by atoms with Gasteiger partial charge in [0.15, 0.2) is 0 Å². The molecule has 1 aliphatic carbocycles. The number of hydrogen-bond donors (Lipinski definition) is 1. The lowest BCUT2D eigenvalue weighted by Gasteiger charge is -2.12. The third-order valence-corrected chi connectivity index (χ3v) is 3.43. The highest BCUT2D eigenvalue weighted by Crippen LogP contribution is 2.44. The minimum atomic E-state index is -2.99. The number of nitrogens with zero attached hydrogens (tertiary/aromatic N) is 1. The SMILES string of the molecule is CN1CC2C(C1)C2NS(C)(=O)=O. The van der Waals surface area contributed by atoms with Crippen LogP contribution in [0.2, 0.25) is 0 Å². The van der Waals surface area contributed by atoms with Crippen LogP contribution in [0.1, 0.15) is 0 Å². The van der Waals surface area contributed by atoms with E-state index in [-0.39, 0.29) is 6.04 Å². The van der Waals surface area contributed by atoms with E-state index in [9.17, 15) is 8.42 Å². The molecule has 0 bridgehead atoms. The number of likely N-dealkylation sites (tertiary alicyclic amines) is 1. The third-order valence-electron chi connectivity index (χ3n) is 2.73. The highest BCUT2D eigenvalue weighted by molar-refractivity contribution is 7.88. The molecular formula is C7H14N2O2S. The van der Waals surface area contributed by atoms with Crippen molar-refractivity contribution in [3.63, 3.8) is 0 Å². The molecule has 0 spiro atoms. The lowest BCUT2D eigenvalue weighted by Crippen LogP contribution is -2.32. The minimum absolute atomic E-state index is 0.233. The Morgan fingerprint density at radius 3 is 2.25 bits per heavy atom. The summed E-state index contributed by atoms with van der Waals surface area (Å²) in [6.07, 6.45) is 1.23. The molecule has 0 radical (unpaired) electrons. The van der Waals surface area contributed by atoms with Gasteiger partial charge in [0.25, 0.3) is 0 Å².